The smallest absolute Gasteiger partial charge is 0.253 e. The lowest BCUT2D eigenvalue weighted by Crippen LogP contribution is -2.46. The molecule has 1 atom stereocenters. The maximum atomic E-state index is 13.4. The van der Waals surface area contributed by atoms with E-state index in [1.54, 1.807) is 4.90 Å². The van der Waals surface area contributed by atoms with Crippen LogP contribution in [0.25, 0.3) is 0 Å². The number of hydrogen-bond acceptors (Lipinski definition) is 2. The Morgan fingerprint density at radius 1 is 1.00 bits per heavy atom. The first-order valence-corrected chi connectivity index (χ1v) is 9.61. The van der Waals surface area contributed by atoms with Gasteiger partial charge in [-0.05, 0) is 56.0 Å². The zero-order valence-corrected chi connectivity index (χ0v) is 15.7. The number of rotatable bonds is 2. The summed E-state index contributed by atoms with van der Waals surface area (Å²) in [5, 5.41) is 0. The fourth-order valence-corrected chi connectivity index (χ4v) is 4.24. The Morgan fingerprint density at radius 3 is 2.43 bits per heavy atom. The molecule has 0 bridgehead atoms. The molecule has 2 aliphatic heterocycles. The molecule has 4 rings (SSSR count). The monoisotopic (exact) mass is 384 g/mol. The van der Waals surface area contributed by atoms with Crippen LogP contribution >= 0.6 is 0 Å². The van der Waals surface area contributed by atoms with Gasteiger partial charge in [-0.3, -0.25) is 9.59 Å². The van der Waals surface area contributed by atoms with Crippen LogP contribution in [-0.2, 0) is 11.2 Å². The molecular formula is C22H22F2N2O2. The van der Waals surface area contributed by atoms with Crippen LogP contribution < -0.4 is 4.90 Å². The first-order chi connectivity index (χ1) is 13.5. The Hall–Kier alpha value is -2.76. The predicted molar refractivity (Wildman–Crippen MR) is 102 cm³/mol. The average molecular weight is 384 g/mol. The number of fused-ring (bicyclic) bond motifs is 1. The molecule has 0 radical (unpaired) electrons. The number of anilines is 1. The van der Waals surface area contributed by atoms with Crippen LogP contribution in [0, 0.1) is 17.6 Å². The summed E-state index contributed by atoms with van der Waals surface area (Å²) in [6, 6.07) is 11.3. The van der Waals surface area contributed by atoms with Crippen molar-refractivity contribution in [3.63, 3.8) is 0 Å². The van der Waals surface area contributed by atoms with Gasteiger partial charge in [-0.15, -0.1) is 0 Å². The molecule has 146 valence electrons. The largest absolute Gasteiger partial charge is 0.339 e. The van der Waals surface area contributed by atoms with E-state index in [2.05, 4.69) is 13.0 Å². The van der Waals surface area contributed by atoms with Crippen LogP contribution in [0.15, 0.2) is 42.5 Å². The van der Waals surface area contributed by atoms with Crippen molar-refractivity contribution in [1.29, 1.82) is 0 Å². The average Bonchev–Trinajstić information content (AvgIpc) is 3.04. The summed E-state index contributed by atoms with van der Waals surface area (Å²) < 4.78 is 26.5. The summed E-state index contributed by atoms with van der Waals surface area (Å²) in [6.07, 6.45) is 1.99. The molecule has 4 nitrogen and oxygen atoms in total. The third-order valence-electron chi connectivity index (χ3n) is 5.74. The van der Waals surface area contributed by atoms with Crippen molar-refractivity contribution in [3.8, 4) is 0 Å². The van der Waals surface area contributed by atoms with E-state index in [1.165, 1.54) is 11.6 Å². The van der Waals surface area contributed by atoms with Gasteiger partial charge in [-0.25, -0.2) is 8.78 Å². The first kappa shape index (κ1) is 18.6. The van der Waals surface area contributed by atoms with Crippen molar-refractivity contribution >= 4 is 17.5 Å². The van der Waals surface area contributed by atoms with E-state index in [4.69, 9.17) is 0 Å². The summed E-state index contributed by atoms with van der Waals surface area (Å²) in [7, 11) is 0. The van der Waals surface area contributed by atoms with Gasteiger partial charge in [0.05, 0.1) is 0 Å². The zero-order chi connectivity index (χ0) is 19.8. The highest BCUT2D eigenvalue weighted by Gasteiger charge is 2.36. The predicted octanol–water partition coefficient (Wildman–Crippen LogP) is 3.79. The highest BCUT2D eigenvalue weighted by Crippen LogP contribution is 2.34. The van der Waals surface area contributed by atoms with Crippen LogP contribution in [0.4, 0.5) is 14.5 Å². The molecule has 2 aromatic carbocycles. The van der Waals surface area contributed by atoms with Gasteiger partial charge >= 0.3 is 0 Å². The molecule has 0 aromatic heterocycles. The second-order valence-corrected chi connectivity index (χ2v) is 7.59. The molecular weight excluding hydrogens is 362 g/mol. The fourth-order valence-electron chi connectivity index (χ4n) is 4.24. The molecule has 1 unspecified atom stereocenters. The van der Waals surface area contributed by atoms with Gasteiger partial charge in [0.15, 0.2) is 11.6 Å². The second-order valence-electron chi connectivity index (χ2n) is 7.59. The number of carbonyl (C=O) groups excluding carboxylic acids is 2. The molecule has 0 spiro atoms. The van der Waals surface area contributed by atoms with Crippen molar-refractivity contribution in [2.24, 2.45) is 5.92 Å². The highest BCUT2D eigenvalue weighted by atomic mass is 19.2. The van der Waals surface area contributed by atoms with Gasteiger partial charge in [0.1, 0.15) is 0 Å². The second kappa shape index (κ2) is 7.34. The number of para-hydroxylation sites is 1. The minimum Gasteiger partial charge on any atom is -0.339 e. The summed E-state index contributed by atoms with van der Waals surface area (Å²) in [5.74, 6) is -2.36. The maximum absolute atomic E-state index is 13.4. The lowest BCUT2D eigenvalue weighted by atomic mass is 9.94. The van der Waals surface area contributed by atoms with Crippen molar-refractivity contribution in [2.45, 2.75) is 32.2 Å². The van der Waals surface area contributed by atoms with Crippen molar-refractivity contribution in [2.75, 3.05) is 18.0 Å². The zero-order valence-electron chi connectivity index (χ0n) is 15.7. The quantitative estimate of drug-likeness (QED) is 0.790. The van der Waals surface area contributed by atoms with Gasteiger partial charge < -0.3 is 9.80 Å². The van der Waals surface area contributed by atoms with Crippen molar-refractivity contribution in [1.82, 2.24) is 4.90 Å². The Morgan fingerprint density at radius 2 is 1.71 bits per heavy atom. The first-order valence-electron chi connectivity index (χ1n) is 9.61. The number of hydrogen-bond donors (Lipinski definition) is 0. The molecule has 2 aliphatic rings. The van der Waals surface area contributed by atoms with Gasteiger partial charge in [0, 0.05) is 36.3 Å². The Bertz CT molecular complexity index is 923. The van der Waals surface area contributed by atoms with Crippen molar-refractivity contribution < 1.29 is 18.4 Å². The van der Waals surface area contributed by atoms with E-state index < -0.39 is 11.6 Å². The lowest BCUT2D eigenvalue weighted by molar-refractivity contribution is -0.124. The molecule has 1 saturated heterocycles. The summed E-state index contributed by atoms with van der Waals surface area (Å²) in [4.78, 5) is 29.2. The molecule has 2 aromatic rings. The number of piperidine rings is 1. The number of likely N-dealkylation sites (tertiary alicyclic amines) is 1. The summed E-state index contributed by atoms with van der Waals surface area (Å²) in [6.45, 7) is 2.91. The number of nitrogens with zero attached hydrogens (tertiary/aromatic N) is 2. The van der Waals surface area contributed by atoms with Gasteiger partial charge in [-0.1, -0.05) is 18.2 Å². The normalized spacial score (nSPS) is 19.6. The van der Waals surface area contributed by atoms with E-state index in [1.807, 2.05) is 23.1 Å². The summed E-state index contributed by atoms with van der Waals surface area (Å²) in [5.41, 5.74) is 2.31. The van der Waals surface area contributed by atoms with E-state index in [9.17, 15) is 18.4 Å². The molecule has 2 amide bonds. The van der Waals surface area contributed by atoms with E-state index in [0.29, 0.717) is 25.9 Å². The molecule has 2 heterocycles. The Labute approximate surface area is 162 Å². The summed E-state index contributed by atoms with van der Waals surface area (Å²) >= 11 is 0. The Balaban J connectivity index is 1.42. The third-order valence-corrected chi connectivity index (χ3v) is 5.74. The van der Waals surface area contributed by atoms with E-state index in [0.717, 1.165) is 24.2 Å². The standard InChI is InChI=1S/C22H22F2N2O2/c1-14-12-16-4-2-3-5-20(16)26(14)22(28)15-8-10-25(11-9-15)21(27)17-6-7-18(23)19(24)13-17/h2-7,13-15H,8-12H2,1H3. The number of benzene rings is 2. The highest BCUT2D eigenvalue weighted by molar-refractivity contribution is 5.98. The fraction of sp³-hybridized carbons (Fsp3) is 0.364. The van der Waals surface area contributed by atoms with Gasteiger partial charge in [0.2, 0.25) is 5.91 Å². The van der Waals surface area contributed by atoms with Crippen LogP contribution in [0.1, 0.15) is 35.7 Å². The lowest BCUT2D eigenvalue weighted by Gasteiger charge is -2.34. The van der Waals surface area contributed by atoms with Gasteiger partial charge in [0.25, 0.3) is 5.91 Å². The topological polar surface area (TPSA) is 40.6 Å². The minimum atomic E-state index is -1.03. The van der Waals surface area contributed by atoms with Crippen LogP contribution in [0.3, 0.4) is 0 Å². The molecule has 6 heteroatoms. The maximum Gasteiger partial charge on any atom is 0.253 e. The van der Waals surface area contributed by atoms with Crippen LogP contribution in [-0.4, -0.2) is 35.8 Å². The number of halogens is 2. The van der Waals surface area contributed by atoms with Crippen LogP contribution in [0.5, 0.6) is 0 Å². The molecule has 0 saturated carbocycles. The number of amides is 2. The van der Waals surface area contributed by atoms with Crippen LogP contribution in [0.2, 0.25) is 0 Å². The molecule has 0 N–H and O–H groups in total. The molecule has 1 fully saturated rings. The van der Waals surface area contributed by atoms with Gasteiger partial charge in [-0.2, -0.15) is 0 Å². The van der Waals surface area contributed by atoms with Crippen molar-refractivity contribution in [3.05, 3.63) is 65.2 Å². The third kappa shape index (κ3) is 3.28. The minimum absolute atomic E-state index is 0.109. The SMILES string of the molecule is CC1Cc2ccccc2N1C(=O)C1CCN(C(=O)c2ccc(F)c(F)c2)CC1. The Kier molecular flexibility index (Phi) is 4.87. The number of carbonyl (C=O) groups is 2. The molecule has 28 heavy (non-hydrogen) atoms. The molecule has 0 aliphatic carbocycles. The van der Waals surface area contributed by atoms with E-state index >= 15 is 0 Å². The van der Waals surface area contributed by atoms with E-state index in [-0.39, 0.29) is 29.3 Å².